The van der Waals surface area contributed by atoms with Crippen LogP contribution in [-0.4, -0.2) is 22.8 Å². The Morgan fingerprint density at radius 3 is 2.42 bits per heavy atom. The van der Waals surface area contributed by atoms with E-state index in [9.17, 15) is 9.59 Å². The minimum absolute atomic E-state index is 0.0698. The molecule has 0 aromatic heterocycles. The number of nitrogens with zero attached hydrogens (tertiary/aromatic N) is 1. The Morgan fingerprint density at radius 1 is 0.923 bits per heavy atom. The molecule has 1 aliphatic rings. The molecule has 1 atom stereocenters. The third-order valence-corrected chi connectivity index (χ3v) is 5.12. The Kier molecular flexibility index (Phi) is 4.17. The molecular weight excluding hydrogens is 324 g/mol. The minimum atomic E-state index is -0.590. The van der Waals surface area contributed by atoms with Crippen molar-refractivity contribution in [1.29, 1.82) is 0 Å². The van der Waals surface area contributed by atoms with Crippen molar-refractivity contribution in [2.75, 3.05) is 0 Å². The normalized spacial score (nSPS) is 16.3. The van der Waals surface area contributed by atoms with Crippen LogP contribution in [0.2, 0.25) is 0 Å². The van der Waals surface area contributed by atoms with Gasteiger partial charge < -0.3 is 10.6 Å². The number of carbonyl (C=O) groups excluding carboxylic acids is 2. The molecular formula is C22H20N2O2. The summed E-state index contributed by atoms with van der Waals surface area (Å²) in [7, 11) is 0. The molecule has 2 N–H and O–H groups in total. The summed E-state index contributed by atoms with van der Waals surface area (Å²) in [4.78, 5) is 26.7. The van der Waals surface area contributed by atoms with Gasteiger partial charge >= 0.3 is 0 Å². The topological polar surface area (TPSA) is 63.4 Å². The molecule has 0 fully saturated rings. The van der Waals surface area contributed by atoms with Crippen molar-refractivity contribution in [3.05, 3.63) is 83.4 Å². The number of hydrogen-bond donors (Lipinski definition) is 1. The highest BCUT2D eigenvalue weighted by Gasteiger charge is 2.33. The van der Waals surface area contributed by atoms with Crippen LogP contribution in [0.3, 0.4) is 0 Å². The van der Waals surface area contributed by atoms with Crippen LogP contribution in [-0.2, 0) is 29.0 Å². The summed E-state index contributed by atoms with van der Waals surface area (Å²) in [5, 5.41) is 2.17. The number of benzene rings is 3. The molecule has 4 heteroatoms. The van der Waals surface area contributed by atoms with Crippen LogP contribution in [0.15, 0.2) is 66.7 Å². The van der Waals surface area contributed by atoms with E-state index in [1.807, 2.05) is 66.7 Å². The van der Waals surface area contributed by atoms with E-state index in [4.69, 9.17) is 5.73 Å². The van der Waals surface area contributed by atoms with Crippen LogP contribution in [0.5, 0.6) is 0 Å². The average molecular weight is 344 g/mol. The van der Waals surface area contributed by atoms with Crippen LogP contribution in [0.4, 0.5) is 0 Å². The molecule has 26 heavy (non-hydrogen) atoms. The van der Waals surface area contributed by atoms with Gasteiger partial charge in [0, 0.05) is 13.0 Å². The number of nitrogens with two attached hydrogens (primary N) is 1. The van der Waals surface area contributed by atoms with Crippen molar-refractivity contribution in [2.24, 2.45) is 5.73 Å². The minimum Gasteiger partial charge on any atom is -0.368 e. The van der Waals surface area contributed by atoms with Crippen LogP contribution in [0.1, 0.15) is 16.7 Å². The molecule has 0 aliphatic carbocycles. The average Bonchev–Trinajstić information content (AvgIpc) is 2.67. The molecule has 0 saturated carbocycles. The van der Waals surface area contributed by atoms with Crippen molar-refractivity contribution in [1.82, 2.24) is 4.90 Å². The van der Waals surface area contributed by atoms with Gasteiger partial charge in [0.05, 0.1) is 6.42 Å². The van der Waals surface area contributed by atoms with E-state index in [1.165, 1.54) is 0 Å². The first-order valence-corrected chi connectivity index (χ1v) is 8.75. The maximum Gasteiger partial charge on any atom is 0.240 e. The molecule has 0 saturated heterocycles. The molecule has 0 spiro atoms. The lowest BCUT2D eigenvalue weighted by atomic mass is 9.92. The van der Waals surface area contributed by atoms with Gasteiger partial charge in [0.25, 0.3) is 0 Å². The first-order chi connectivity index (χ1) is 12.6. The zero-order valence-electron chi connectivity index (χ0n) is 14.4. The van der Waals surface area contributed by atoms with E-state index < -0.39 is 11.9 Å². The standard InChI is InChI=1S/C22H20N2O2/c23-22(26)20-12-16-7-1-2-8-18(16)14-24(20)21(25)13-17-10-5-9-15-6-3-4-11-19(15)17/h1-11,20H,12-14H2,(H2,23,26). The van der Waals surface area contributed by atoms with E-state index in [-0.39, 0.29) is 12.3 Å². The second-order valence-electron chi connectivity index (χ2n) is 6.73. The van der Waals surface area contributed by atoms with Crippen LogP contribution < -0.4 is 5.73 Å². The predicted octanol–water partition coefficient (Wildman–Crippen LogP) is 2.82. The second kappa shape index (κ2) is 6.64. The first kappa shape index (κ1) is 16.3. The number of primary amides is 1. The van der Waals surface area contributed by atoms with Crippen molar-refractivity contribution in [2.45, 2.75) is 25.4 Å². The van der Waals surface area contributed by atoms with Gasteiger partial charge in [0.2, 0.25) is 11.8 Å². The summed E-state index contributed by atoms with van der Waals surface area (Å²) < 4.78 is 0. The van der Waals surface area contributed by atoms with E-state index in [0.29, 0.717) is 13.0 Å². The molecule has 0 radical (unpaired) electrons. The number of carbonyl (C=O) groups is 2. The summed E-state index contributed by atoms with van der Waals surface area (Å²) in [5.74, 6) is -0.523. The van der Waals surface area contributed by atoms with Crippen molar-refractivity contribution >= 4 is 22.6 Å². The second-order valence-corrected chi connectivity index (χ2v) is 6.73. The molecule has 3 aromatic rings. The van der Waals surface area contributed by atoms with Gasteiger partial charge in [-0.1, -0.05) is 66.7 Å². The highest BCUT2D eigenvalue weighted by molar-refractivity contribution is 5.92. The Morgan fingerprint density at radius 2 is 1.62 bits per heavy atom. The summed E-state index contributed by atoms with van der Waals surface area (Å²) in [6.45, 7) is 0.424. The van der Waals surface area contributed by atoms with Gasteiger partial charge in [0.1, 0.15) is 6.04 Å². The van der Waals surface area contributed by atoms with E-state index >= 15 is 0 Å². The molecule has 3 aromatic carbocycles. The van der Waals surface area contributed by atoms with Crippen LogP contribution in [0, 0.1) is 0 Å². The van der Waals surface area contributed by atoms with E-state index in [0.717, 1.165) is 27.5 Å². The molecule has 2 amide bonds. The number of fused-ring (bicyclic) bond motifs is 2. The lowest BCUT2D eigenvalue weighted by Gasteiger charge is -2.35. The molecule has 4 rings (SSSR count). The van der Waals surface area contributed by atoms with Gasteiger partial charge in [-0.25, -0.2) is 0 Å². The van der Waals surface area contributed by atoms with Gasteiger partial charge in [-0.05, 0) is 27.5 Å². The van der Waals surface area contributed by atoms with Gasteiger partial charge in [-0.2, -0.15) is 0 Å². The van der Waals surface area contributed by atoms with E-state index in [2.05, 4.69) is 0 Å². The first-order valence-electron chi connectivity index (χ1n) is 8.75. The fourth-order valence-corrected chi connectivity index (χ4v) is 3.75. The van der Waals surface area contributed by atoms with Gasteiger partial charge in [-0.3, -0.25) is 9.59 Å². The third-order valence-electron chi connectivity index (χ3n) is 5.12. The van der Waals surface area contributed by atoms with Crippen molar-refractivity contribution < 1.29 is 9.59 Å². The van der Waals surface area contributed by atoms with Crippen LogP contribution >= 0.6 is 0 Å². The molecule has 1 heterocycles. The quantitative estimate of drug-likeness (QED) is 0.794. The lowest BCUT2D eigenvalue weighted by Crippen LogP contribution is -2.51. The Balaban J connectivity index is 1.65. The number of hydrogen-bond acceptors (Lipinski definition) is 2. The monoisotopic (exact) mass is 344 g/mol. The van der Waals surface area contributed by atoms with Crippen molar-refractivity contribution in [3.8, 4) is 0 Å². The van der Waals surface area contributed by atoms with Crippen LogP contribution in [0.25, 0.3) is 10.8 Å². The Labute approximate surface area is 152 Å². The summed E-state index contributed by atoms with van der Waals surface area (Å²) >= 11 is 0. The number of amides is 2. The molecule has 1 aliphatic heterocycles. The third kappa shape index (κ3) is 2.94. The lowest BCUT2D eigenvalue weighted by molar-refractivity contribution is -0.140. The molecule has 130 valence electrons. The molecule has 1 unspecified atom stereocenters. The fourth-order valence-electron chi connectivity index (χ4n) is 3.75. The zero-order valence-corrected chi connectivity index (χ0v) is 14.4. The SMILES string of the molecule is NC(=O)C1Cc2ccccc2CN1C(=O)Cc1cccc2ccccc12. The summed E-state index contributed by atoms with van der Waals surface area (Å²) in [6.07, 6.45) is 0.736. The Bertz CT molecular complexity index is 991. The number of rotatable bonds is 3. The Hall–Kier alpha value is -3.14. The van der Waals surface area contributed by atoms with Crippen molar-refractivity contribution in [3.63, 3.8) is 0 Å². The van der Waals surface area contributed by atoms with E-state index in [1.54, 1.807) is 4.90 Å². The van der Waals surface area contributed by atoms with Gasteiger partial charge in [0.15, 0.2) is 0 Å². The zero-order chi connectivity index (χ0) is 18.1. The maximum absolute atomic E-state index is 13.1. The summed E-state index contributed by atoms with van der Waals surface area (Å²) in [5.41, 5.74) is 8.74. The smallest absolute Gasteiger partial charge is 0.240 e. The predicted molar refractivity (Wildman–Crippen MR) is 101 cm³/mol. The fraction of sp³-hybridized carbons (Fsp3) is 0.182. The molecule has 0 bridgehead atoms. The van der Waals surface area contributed by atoms with Gasteiger partial charge in [-0.15, -0.1) is 0 Å². The molecule has 4 nitrogen and oxygen atoms in total. The highest BCUT2D eigenvalue weighted by Crippen LogP contribution is 2.25. The largest absolute Gasteiger partial charge is 0.368 e. The summed E-state index contributed by atoms with van der Waals surface area (Å²) in [6, 6.07) is 21.3. The highest BCUT2D eigenvalue weighted by atomic mass is 16.2. The maximum atomic E-state index is 13.1.